The minimum absolute atomic E-state index is 0.112. The molecule has 12 heteroatoms. The summed E-state index contributed by atoms with van der Waals surface area (Å²) in [6.07, 6.45) is 0.0899. The summed E-state index contributed by atoms with van der Waals surface area (Å²) < 4.78 is 67.5. The summed E-state index contributed by atoms with van der Waals surface area (Å²) in [4.78, 5) is 22.4. The van der Waals surface area contributed by atoms with Crippen molar-refractivity contribution in [2.45, 2.75) is 49.5 Å². The van der Waals surface area contributed by atoms with Crippen LogP contribution in [0.5, 0.6) is 0 Å². The van der Waals surface area contributed by atoms with E-state index in [4.69, 9.17) is 0 Å². The molecule has 0 radical (unpaired) electrons. The lowest BCUT2D eigenvalue weighted by molar-refractivity contribution is -0.137. The van der Waals surface area contributed by atoms with E-state index in [2.05, 4.69) is 20.6 Å². The van der Waals surface area contributed by atoms with Crippen LogP contribution in [0, 0.1) is 5.82 Å². The molecule has 1 amide bonds. The molecular formula is C31H29F4N5O2S. The SMILES string of the molecule is CC(Nc1cc(CNC(=O)C2CCCN2S(=O)c2ccc(F)cc2)cc(-c2ccc(C(F)(F)F)cc2)n1)c1ccncc1. The van der Waals surface area contributed by atoms with Crippen molar-refractivity contribution in [3.8, 4) is 11.3 Å². The zero-order valence-corrected chi connectivity index (χ0v) is 24.0. The molecule has 0 spiro atoms. The highest BCUT2D eigenvalue weighted by Gasteiger charge is 2.35. The van der Waals surface area contributed by atoms with E-state index >= 15 is 0 Å². The lowest BCUT2D eigenvalue weighted by Crippen LogP contribution is -2.43. The van der Waals surface area contributed by atoms with E-state index < -0.39 is 34.6 Å². The van der Waals surface area contributed by atoms with Crippen molar-refractivity contribution in [2.24, 2.45) is 0 Å². The van der Waals surface area contributed by atoms with Gasteiger partial charge in [0, 0.05) is 31.0 Å². The van der Waals surface area contributed by atoms with Gasteiger partial charge in [0.1, 0.15) is 28.7 Å². The third-order valence-corrected chi connectivity index (χ3v) is 8.70. The van der Waals surface area contributed by atoms with Gasteiger partial charge in [0.2, 0.25) is 5.91 Å². The highest BCUT2D eigenvalue weighted by molar-refractivity contribution is 7.82. The Labute approximate surface area is 249 Å². The van der Waals surface area contributed by atoms with Gasteiger partial charge in [0.05, 0.1) is 22.2 Å². The quantitative estimate of drug-likeness (QED) is 0.218. The van der Waals surface area contributed by atoms with Crippen LogP contribution in [0.3, 0.4) is 0 Å². The van der Waals surface area contributed by atoms with Crippen molar-refractivity contribution in [3.05, 3.63) is 108 Å². The number of carbonyl (C=O) groups is 1. The number of amides is 1. The maximum absolute atomic E-state index is 13.3. The van der Waals surface area contributed by atoms with Crippen LogP contribution in [-0.4, -0.2) is 37.0 Å². The van der Waals surface area contributed by atoms with E-state index in [0.717, 1.165) is 17.7 Å². The zero-order valence-electron chi connectivity index (χ0n) is 23.1. The van der Waals surface area contributed by atoms with Crippen molar-refractivity contribution in [3.63, 3.8) is 0 Å². The minimum Gasteiger partial charge on any atom is -0.364 e. The zero-order chi connectivity index (χ0) is 30.6. The molecule has 224 valence electrons. The number of pyridine rings is 2. The van der Waals surface area contributed by atoms with Crippen molar-refractivity contribution in [1.29, 1.82) is 0 Å². The van der Waals surface area contributed by atoms with Crippen molar-refractivity contribution >= 4 is 22.7 Å². The molecular weight excluding hydrogens is 582 g/mol. The Hall–Kier alpha value is -4.16. The van der Waals surface area contributed by atoms with Crippen molar-refractivity contribution < 1.29 is 26.6 Å². The highest BCUT2D eigenvalue weighted by Crippen LogP contribution is 2.32. The number of hydrogen-bond acceptors (Lipinski definition) is 5. The first-order chi connectivity index (χ1) is 20.6. The average molecular weight is 612 g/mol. The molecule has 0 saturated carbocycles. The predicted molar refractivity (Wildman–Crippen MR) is 155 cm³/mol. The second-order valence-electron chi connectivity index (χ2n) is 10.2. The fourth-order valence-corrected chi connectivity index (χ4v) is 6.26. The van der Waals surface area contributed by atoms with Gasteiger partial charge in [0.25, 0.3) is 0 Å². The third kappa shape index (κ3) is 7.44. The monoisotopic (exact) mass is 611 g/mol. The molecule has 0 bridgehead atoms. The largest absolute Gasteiger partial charge is 0.416 e. The third-order valence-electron chi connectivity index (χ3n) is 7.16. The summed E-state index contributed by atoms with van der Waals surface area (Å²) in [5.74, 6) is -0.264. The minimum atomic E-state index is -4.46. The van der Waals surface area contributed by atoms with Crippen molar-refractivity contribution in [1.82, 2.24) is 19.6 Å². The summed E-state index contributed by atoms with van der Waals surface area (Å²) >= 11 is 0. The summed E-state index contributed by atoms with van der Waals surface area (Å²) in [6.45, 7) is 2.51. The molecule has 1 aliphatic heterocycles. The van der Waals surface area contributed by atoms with E-state index in [1.807, 2.05) is 19.1 Å². The van der Waals surface area contributed by atoms with Crippen LogP contribution >= 0.6 is 0 Å². The molecule has 43 heavy (non-hydrogen) atoms. The number of carbonyl (C=O) groups excluding carboxylic acids is 1. The maximum Gasteiger partial charge on any atom is 0.416 e. The van der Waals surface area contributed by atoms with E-state index in [0.29, 0.717) is 46.9 Å². The Morgan fingerprint density at radius 3 is 2.42 bits per heavy atom. The number of nitrogens with zero attached hydrogens (tertiary/aromatic N) is 3. The number of aromatic nitrogens is 2. The molecule has 2 aromatic carbocycles. The number of anilines is 1. The number of benzene rings is 2. The van der Waals surface area contributed by atoms with Crippen LogP contribution in [0.4, 0.5) is 23.4 Å². The fraction of sp³-hybridized carbons (Fsp3) is 0.258. The van der Waals surface area contributed by atoms with Gasteiger partial charge in [-0.15, -0.1) is 0 Å². The highest BCUT2D eigenvalue weighted by atomic mass is 32.2. The molecule has 2 N–H and O–H groups in total. The van der Waals surface area contributed by atoms with E-state index in [1.54, 1.807) is 28.8 Å². The predicted octanol–water partition coefficient (Wildman–Crippen LogP) is 6.28. The smallest absolute Gasteiger partial charge is 0.364 e. The van der Waals surface area contributed by atoms with Crippen LogP contribution in [0.25, 0.3) is 11.3 Å². The van der Waals surface area contributed by atoms with Gasteiger partial charge in [-0.1, -0.05) is 12.1 Å². The Morgan fingerprint density at radius 2 is 1.74 bits per heavy atom. The molecule has 7 nitrogen and oxygen atoms in total. The summed E-state index contributed by atoms with van der Waals surface area (Å²) in [6, 6.07) is 16.5. The first kappa shape index (κ1) is 30.3. The summed E-state index contributed by atoms with van der Waals surface area (Å²) in [5.41, 5.74) is 1.79. The fourth-order valence-electron chi connectivity index (χ4n) is 4.89. The van der Waals surface area contributed by atoms with Crippen molar-refractivity contribution in [2.75, 3.05) is 11.9 Å². The molecule has 0 aliphatic carbocycles. The van der Waals surface area contributed by atoms with Gasteiger partial charge in [-0.2, -0.15) is 13.2 Å². The molecule has 5 rings (SSSR count). The van der Waals surface area contributed by atoms with Gasteiger partial charge in [-0.3, -0.25) is 9.78 Å². The topological polar surface area (TPSA) is 87.2 Å². The molecule has 3 heterocycles. The maximum atomic E-state index is 13.3. The summed E-state index contributed by atoms with van der Waals surface area (Å²) in [5, 5.41) is 6.24. The van der Waals surface area contributed by atoms with Crippen LogP contribution in [0.2, 0.25) is 0 Å². The number of alkyl halides is 3. The van der Waals surface area contributed by atoms with E-state index in [-0.39, 0.29) is 18.5 Å². The second-order valence-corrected chi connectivity index (χ2v) is 11.6. The first-order valence-corrected chi connectivity index (χ1v) is 14.8. The van der Waals surface area contributed by atoms with Gasteiger partial charge in [-0.05, 0) is 91.6 Å². The molecule has 1 aliphatic rings. The average Bonchev–Trinajstić information content (AvgIpc) is 3.50. The molecule has 3 unspecified atom stereocenters. The van der Waals surface area contributed by atoms with Crippen LogP contribution in [-0.2, 0) is 28.5 Å². The Kier molecular flexibility index (Phi) is 9.16. The summed E-state index contributed by atoms with van der Waals surface area (Å²) in [7, 11) is -1.63. The molecule has 2 aromatic heterocycles. The Morgan fingerprint density at radius 1 is 1.05 bits per heavy atom. The normalized spacial score (nSPS) is 16.9. The second kappa shape index (κ2) is 13.0. The molecule has 3 atom stereocenters. The molecule has 1 saturated heterocycles. The van der Waals surface area contributed by atoms with Gasteiger partial charge < -0.3 is 10.6 Å². The van der Waals surface area contributed by atoms with E-state index in [1.165, 1.54) is 36.4 Å². The van der Waals surface area contributed by atoms with Gasteiger partial charge >= 0.3 is 6.18 Å². The number of nitrogens with one attached hydrogen (secondary N) is 2. The first-order valence-electron chi connectivity index (χ1n) is 13.7. The van der Waals surface area contributed by atoms with Crippen LogP contribution in [0.1, 0.15) is 42.5 Å². The lowest BCUT2D eigenvalue weighted by atomic mass is 10.1. The number of halogens is 4. The standard InChI is InChI=1S/C31H29F4N5O2S/c1-20(22-12-14-36-15-13-22)38-29-18-21(17-27(39-29)23-4-6-24(7-5-23)31(33,34)35)19-37-30(41)28-3-2-16-40(28)43(42)26-10-8-25(32)9-11-26/h4-15,17-18,20,28H,2-3,16,19H2,1H3,(H,37,41)(H,38,39). The Balaban J connectivity index is 1.36. The van der Waals surface area contributed by atoms with Gasteiger partial charge in [-0.25, -0.2) is 17.9 Å². The van der Waals surface area contributed by atoms with E-state index in [9.17, 15) is 26.6 Å². The van der Waals surface area contributed by atoms with Crippen LogP contribution < -0.4 is 10.6 Å². The van der Waals surface area contributed by atoms with Gasteiger partial charge in [0.15, 0.2) is 0 Å². The lowest BCUT2D eigenvalue weighted by Gasteiger charge is -2.23. The molecule has 1 fully saturated rings. The number of hydrogen-bond donors (Lipinski definition) is 2. The molecule has 4 aromatic rings. The Bertz CT molecular complexity index is 1590. The van der Waals surface area contributed by atoms with Crippen LogP contribution in [0.15, 0.2) is 90.1 Å². The number of rotatable bonds is 9.